The molecule has 0 radical (unpaired) electrons. The van der Waals surface area contributed by atoms with Crippen molar-refractivity contribution in [1.82, 2.24) is 15.3 Å². The van der Waals surface area contributed by atoms with Crippen molar-refractivity contribution in [2.45, 2.75) is 90.5 Å². The number of benzene rings is 1. The van der Waals surface area contributed by atoms with Gasteiger partial charge < -0.3 is 10.6 Å². The summed E-state index contributed by atoms with van der Waals surface area (Å²) in [6, 6.07) is 18.2. The van der Waals surface area contributed by atoms with Crippen LogP contribution in [0.2, 0.25) is 0 Å². The average molecular weight is 549 g/mol. The van der Waals surface area contributed by atoms with Crippen LogP contribution in [0.15, 0.2) is 73.2 Å². The van der Waals surface area contributed by atoms with Crippen molar-refractivity contribution in [1.29, 1.82) is 0 Å². The van der Waals surface area contributed by atoms with E-state index in [1.807, 2.05) is 12.4 Å². The molecule has 0 spiro atoms. The summed E-state index contributed by atoms with van der Waals surface area (Å²) in [6.45, 7) is 6.79. The summed E-state index contributed by atoms with van der Waals surface area (Å²) < 4.78 is 0. The van der Waals surface area contributed by atoms with Gasteiger partial charge in [0, 0.05) is 30.2 Å². The van der Waals surface area contributed by atoms with Gasteiger partial charge in [-0.05, 0) is 116 Å². The van der Waals surface area contributed by atoms with Crippen molar-refractivity contribution in [3.63, 3.8) is 0 Å². The molecule has 1 unspecified atom stereocenters. The van der Waals surface area contributed by atoms with Crippen LogP contribution in [0.1, 0.15) is 107 Å². The molecule has 3 aromatic rings. The minimum Gasteiger partial charge on any atom is -0.367 e. The molecule has 216 valence electrons. The number of nitrogens with zero attached hydrogens (tertiary/aromatic N) is 2. The molecule has 0 aliphatic heterocycles. The van der Waals surface area contributed by atoms with E-state index in [0.717, 1.165) is 38.2 Å². The highest BCUT2D eigenvalue weighted by atomic mass is 15.0. The van der Waals surface area contributed by atoms with Gasteiger partial charge in [-0.15, -0.1) is 0 Å². The maximum atomic E-state index is 4.74. The molecule has 0 bridgehead atoms. The molecule has 2 aliphatic carbocycles. The summed E-state index contributed by atoms with van der Waals surface area (Å²) in [4.78, 5) is 9.42. The number of pyridine rings is 2. The maximum absolute atomic E-state index is 4.74. The lowest BCUT2D eigenvalue weighted by molar-refractivity contribution is 0.460. The van der Waals surface area contributed by atoms with Crippen LogP contribution in [0.25, 0.3) is 16.7 Å². The Bertz CT molecular complexity index is 1300. The third kappa shape index (κ3) is 7.74. The fourth-order valence-electron chi connectivity index (χ4n) is 6.60. The Morgan fingerprint density at radius 1 is 0.902 bits per heavy atom. The van der Waals surface area contributed by atoms with Gasteiger partial charge in [-0.3, -0.25) is 4.98 Å². The summed E-state index contributed by atoms with van der Waals surface area (Å²) >= 11 is 0. The lowest BCUT2D eigenvalue weighted by Crippen LogP contribution is -2.22. The largest absolute Gasteiger partial charge is 0.367 e. The summed E-state index contributed by atoms with van der Waals surface area (Å²) in [5.74, 6) is 1.67. The minimum absolute atomic E-state index is 0.533. The second-order valence-electron chi connectivity index (χ2n) is 11.8. The fraction of sp³-hybridized carbons (Fsp3) is 0.459. The smallest absolute Gasteiger partial charge is 0.126 e. The van der Waals surface area contributed by atoms with Gasteiger partial charge in [-0.25, -0.2) is 4.98 Å². The molecular weight excluding hydrogens is 500 g/mol. The highest BCUT2D eigenvalue weighted by Crippen LogP contribution is 2.42. The van der Waals surface area contributed by atoms with E-state index in [0.29, 0.717) is 12.0 Å². The first-order valence-corrected chi connectivity index (χ1v) is 16.1. The number of rotatable bonds is 12. The van der Waals surface area contributed by atoms with E-state index in [9.17, 15) is 0 Å². The van der Waals surface area contributed by atoms with Crippen LogP contribution in [-0.2, 0) is 0 Å². The zero-order valence-electron chi connectivity index (χ0n) is 25.2. The van der Waals surface area contributed by atoms with Crippen LogP contribution >= 0.6 is 0 Å². The normalized spacial score (nSPS) is 16.9. The number of nitrogens with one attached hydrogen (secondary N) is 2. The van der Waals surface area contributed by atoms with Gasteiger partial charge in [0.1, 0.15) is 5.82 Å². The van der Waals surface area contributed by atoms with Crippen LogP contribution in [0.5, 0.6) is 0 Å². The third-order valence-corrected chi connectivity index (χ3v) is 8.89. The van der Waals surface area contributed by atoms with Gasteiger partial charge in [0.25, 0.3) is 0 Å². The van der Waals surface area contributed by atoms with Crippen molar-refractivity contribution in [2.24, 2.45) is 5.92 Å². The van der Waals surface area contributed by atoms with Crippen LogP contribution in [-0.4, -0.2) is 29.1 Å². The second kappa shape index (κ2) is 15.1. The molecule has 4 heteroatoms. The molecular formula is C37H48N4. The van der Waals surface area contributed by atoms with Gasteiger partial charge >= 0.3 is 0 Å². The van der Waals surface area contributed by atoms with E-state index >= 15 is 0 Å². The molecule has 1 fully saturated rings. The Balaban J connectivity index is 1.52. The van der Waals surface area contributed by atoms with Gasteiger partial charge in [-0.2, -0.15) is 0 Å². The second-order valence-corrected chi connectivity index (χ2v) is 11.8. The number of hydrogen-bond acceptors (Lipinski definition) is 4. The quantitative estimate of drug-likeness (QED) is 0.222. The van der Waals surface area contributed by atoms with Crippen molar-refractivity contribution in [3.8, 4) is 0 Å². The van der Waals surface area contributed by atoms with Crippen LogP contribution in [0.4, 0.5) is 5.82 Å². The lowest BCUT2D eigenvalue weighted by Gasteiger charge is -2.26. The lowest BCUT2D eigenvalue weighted by atomic mass is 9.80. The predicted octanol–water partition coefficient (Wildman–Crippen LogP) is 9.16. The summed E-state index contributed by atoms with van der Waals surface area (Å²) in [7, 11) is 0. The Hall–Kier alpha value is -3.24. The molecule has 2 aromatic heterocycles. The summed E-state index contributed by atoms with van der Waals surface area (Å²) in [6.07, 6.45) is 21.8. The third-order valence-electron chi connectivity index (χ3n) is 8.89. The van der Waals surface area contributed by atoms with Crippen molar-refractivity contribution < 1.29 is 0 Å². The van der Waals surface area contributed by atoms with Crippen molar-refractivity contribution in [2.75, 3.05) is 18.4 Å². The molecule has 0 saturated heterocycles. The first kappa shape index (κ1) is 29.3. The molecule has 5 rings (SSSR count). The zero-order chi connectivity index (χ0) is 28.3. The molecule has 1 aromatic carbocycles. The number of anilines is 1. The first-order valence-electron chi connectivity index (χ1n) is 16.1. The zero-order valence-corrected chi connectivity index (χ0v) is 25.2. The molecule has 2 heterocycles. The number of allylic oxidation sites excluding steroid dienone is 3. The van der Waals surface area contributed by atoms with Crippen LogP contribution < -0.4 is 10.6 Å². The predicted molar refractivity (Wildman–Crippen MR) is 175 cm³/mol. The minimum atomic E-state index is 0.533. The van der Waals surface area contributed by atoms with Gasteiger partial charge in [0.2, 0.25) is 0 Å². The Morgan fingerprint density at radius 2 is 1.76 bits per heavy atom. The summed E-state index contributed by atoms with van der Waals surface area (Å²) in [5.41, 5.74) is 9.27. The molecule has 41 heavy (non-hydrogen) atoms. The maximum Gasteiger partial charge on any atom is 0.126 e. The molecule has 2 N–H and O–H groups in total. The molecule has 1 atom stereocenters. The van der Waals surface area contributed by atoms with E-state index in [-0.39, 0.29) is 0 Å². The molecule has 2 aliphatic rings. The van der Waals surface area contributed by atoms with Gasteiger partial charge in [0.15, 0.2) is 0 Å². The molecule has 0 amide bonds. The van der Waals surface area contributed by atoms with E-state index < -0.39 is 0 Å². The van der Waals surface area contributed by atoms with Crippen LogP contribution in [0, 0.1) is 5.92 Å². The fourth-order valence-corrected chi connectivity index (χ4v) is 6.60. The van der Waals surface area contributed by atoms with E-state index in [1.165, 1.54) is 90.3 Å². The summed E-state index contributed by atoms with van der Waals surface area (Å²) in [5, 5.41) is 7.37. The van der Waals surface area contributed by atoms with Crippen molar-refractivity contribution >= 4 is 22.5 Å². The first-order chi connectivity index (χ1) is 20.3. The topological polar surface area (TPSA) is 49.8 Å². The molecule has 4 nitrogen and oxygen atoms in total. The Kier molecular flexibility index (Phi) is 10.8. The van der Waals surface area contributed by atoms with Crippen LogP contribution in [0.3, 0.4) is 0 Å². The number of hydrogen-bond donors (Lipinski definition) is 2. The average Bonchev–Trinajstić information content (AvgIpc) is 3.01. The number of fused-ring (bicyclic) bond motifs is 1. The standard InChI is InChI=1S/C37H48N4/c1-3-21-38-22-18-28(4-2)25-30-14-11-17-34(31-19-24-40-36(26-31)41-32-15-9-6-10-16-32)37(29-12-7-5-8-13-29)35-27-39-23-20-33(30)35/h5,7-8,12-14,19-20,23-24,26-28,32,38H,3-4,6,9-11,15-18,21-22,25H2,1-2H3,(H,40,41). The van der Waals surface area contributed by atoms with Gasteiger partial charge in [0.05, 0.1) is 0 Å². The number of aromatic nitrogens is 2. The molecule has 1 saturated carbocycles. The van der Waals surface area contributed by atoms with E-state index in [4.69, 9.17) is 4.98 Å². The van der Waals surface area contributed by atoms with Gasteiger partial charge in [-0.1, -0.05) is 75.9 Å². The highest BCUT2D eigenvalue weighted by molar-refractivity contribution is 6.01. The van der Waals surface area contributed by atoms with Crippen molar-refractivity contribution in [3.05, 3.63) is 95.5 Å². The van der Waals surface area contributed by atoms with E-state index in [2.05, 4.69) is 90.3 Å². The highest BCUT2D eigenvalue weighted by Gasteiger charge is 2.23. The Labute approximate surface area is 247 Å². The van der Waals surface area contributed by atoms with E-state index in [1.54, 1.807) is 0 Å². The Morgan fingerprint density at radius 3 is 2.56 bits per heavy atom. The monoisotopic (exact) mass is 548 g/mol. The SMILES string of the molecule is CCCNCCC(CC)CC1=CCCC(c2ccnc(NC3CCCCC3)c2)=C(c2ccccc2)c2cnccc21.